The number of carbonyl (C=O) groups is 2. The van der Waals surface area contributed by atoms with Crippen molar-refractivity contribution in [1.82, 2.24) is 5.32 Å². The number of amides is 1. The monoisotopic (exact) mass is 513 g/mol. The van der Waals surface area contributed by atoms with Crippen LogP contribution in [0.3, 0.4) is 0 Å². The van der Waals surface area contributed by atoms with Crippen molar-refractivity contribution in [2.45, 2.75) is 88.7 Å². The summed E-state index contributed by atoms with van der Waals surface area (Å²) in [6.45, 7) is 1.34. The number of aliphatic hydroxyl groups excluding tert-OH is 2. The standard InChI is InChI=1S/C22H39N7O7/c1-14(31)27-18-15(28-22(23)24)12-17(21(33)34)36-20(18)19(16(32)13-30)35-11-9-7-5-3-2-4-6-8-10-26-29-25/h12,15-16,18-20,30,32H,2-11,13H2,1H3,(H,27,31)(H,33,34)(H4,23,24,28)/t15-,16+,18+,19+,20+/m0/s1. The Hall–Kier alpha value is -3.06. The van der Waals surface area contributed by atoms with Crippen LogP contribution in [0.25, 0.3) is 10.4 Å². The van der Waals surface area contributed by atoms with E-state index in [1.54, 1.807) is 0 Å². The molecule has 0 aromatic carbocycles. The van der Waals surface area contributed by atoms with E-state index in [0.29, 0.717) is 13.0 Å². The van der Waals surface area contributed by atoms with Crippen LogP contribution in [0, 0.1) is 0 Å². The summed E-state index contributed by atoms with van der Waals surface area (Å²) in [5.41, 5.74) is 19.2. The van der Waals surface area contributed by atoms with Crippen LogP contribution in [-0.4, -0.2) is 83.3 Å². The number of rotatable bonds is 18. The summed E-state index contributed by atoms with van der Waals surface area (Å²) in [6, 6.07) is -1.95. The molecule has 8 N–H and O–H groups in total. The van der Waals surface area contributed by atoms with Gasteiger partial charge in [0.1, 0.15) is 12.2 Å². The van der Waals surface area contributed by atoms with Crippen molar-refractivity contribution in [1.29, 1.82) is 0 Å². The lowest BCUT2D eigenvalue weighted by atomic mass is 9.92. The predicted molar refractivity (Wildman–Crippen MR) is 132 cm³/mol. The quantitative estimate of drug-likeness (QED) is 0.0376. The molecule has 0 aliphatic carbocycles. The highest BCUT2D eigenvalue weighted by atomic mass is 16.6. The molecular formula is C22H39N7O7. The number of carboxylic acid groups (broad SMARTS) is 1. The minimum atomic E-state index is -1.41. The minimum absolute atomic E-state index is 0.222. The fourth-order valence-corrected chi connectivity index (χ4v) is 3.94. The van der Waals surface area contributed by atoms with Gasteiger partial charge in [-0.3, -0.25) is 4.79 Å². The molecule has 0 aromatic heterocycles. The van der Waals surface area contributed by atoms with Crippen LogP contribution in [0.15, 0.2) is 21.9 Å². The second-order valence-corrected chi connectivity index (χ2v) is 8.56. The lowest BCUT2D eigenvalue weighted by Gasteiger charge is -2.40. The molecule has 14 heteroatoms. The maximum atomic E-state index is 11.9. The van der Waals surface area contributed by atoms with Gasteiger partial charge in [0.25, 0.3) is 0 Å². The molecule has 0 radical (unpaired) electrons. The summed E-state index contributed by atoms with van der Waals surface area (Å²) in [5.74, 6) is -2.62. The first-order valence-corrected chi connectivity index (χ1v) is 12.1. The third-order valence-electron chi connectivity index (χ3n) is 5.60. The van der Waals surface area contributed by atoms with E-state index in [2.05, 4.69) is 20.3 Å². The molecule has 1 aliphatic heterocycles. The molecule has 0 saturated heterocycles. The van der Waals surface area contributed by atoms with Crippen molar-refractivity contribution in [2.75, 3.05) is 19.8 Å². The van der Waals surface area contributed by atoms with Gasteiger partial charge in [0.05, 0.1) is 18.7 Å². The number of guanidine groups is 1. The zero-order valence-electron chi connectivity index (χ0n) is 20.7. The number of nitrogens with zero attached hydrogens (tertiary/aromatic N) is 4. The molecule has 1 heterocycles. The van der Waals surface area contributed by atoms with E-state index in [-0.39, 0.29) is 12.6 Å². The summed E-state index contributed by atoms with van der Waals surface area (Å²) >= 11 is 0. The maximum absolute atomic E-state index is 11.9. The van der Waals surface area contributed by atoms with E-state index in [9.17, 15) is 24.9 Å². The molecule has 0 aromatic rings. The molecule has 0 unspecified atom stereocenters. The topological polar surface area (TPSA) is 238 Å². The van der Waals surface area contributed by atoms with Crippen LogP contribution in [0.4, 0.5) is 0 Å². The average molecular weight is 514 g/mol. The first kappa shape index (κ1) is 31.0. The smallest absolute Gasteiger partial charge is 0.370 e. The first-order valence-electron chi connectivity index (χ1n) is 12.1. The van der Waals surface area contributed by atoms with Gasteiger partial charge in [-0.1, -0.05) is 43.6 Å². The molecule has 1 aliphatic rings. The van der Waals surface area contributed by atoms with E-state index in [1.165, 1.54) is 6.92 Å². The molecule has 1 amide bonds. The first-order chi connectivity index (χ1) is 17.2. The Morgan fingerprint density at radius 2 is 1.81 bits per heavy atom. The zero-order chi connectivity index (χ0) is 26.9. The van der Waals surface area contributed by atoms with E-state index in [1.807, 2.05) is 0 Å². The van der Waals surface area contributed by atoms with Gasteiger partial charge < -0.3 is 41.6 Å². The number of nitrogens with two attached hydrogens (primary N) is 2. The Labute approximate surface area is 210 Å². The van der Waals surface area contributed by atoms with Crippen LogP contribution < -0.4 is 16.8 Å². The lowest BCUT2D eigenvalue weighted by Crippen LogP contribution is -2.60. The summed E-state index contributed by atoms with van der Waals surface area (Å²) in [6.07, 6.45) is 5.03. The van der Waals surface area contributed by atoms with E-state index < -0.39 is 54.6 Å². The Bertz CT molecular complexity index is 798. The van der Waals surface area contributed by atoms with Crippen LogP contribution in [-0.2, 0) is 19.1 Å². The van der Waals surface area contributed by atoms with Crippen molar-refractivity contribution in [3.8, 4) is 0 Å². The number of aliphatic carboxylic acids is 1. The number of carboxylic acids is 1. The number of azide groups is 1. The molecular weight excluding hydrogens is 474 g/mol. The van der Waals surface area contributed by atoms with Crippen molar-refractivity contribution in [3.63, 3.8) is 0 Å². The number of unbranched alkanes of at least 4 members (excludes halogenated alkanes) is 7. The van der Waals surface area contributed by atoms with Gasteiger partial charge in [0.2, 0.25) is 11.7 Å². The molecule has 36 heavy (non-hydrogen) atoms. The third kappa shape index (κ3) is 11.6. The Balaban J connectivity index is 2.74. The summed E-state index contributed by atoms with van der Waals surface area (Å²) in [7, 11) is 0. The maximum Gasteiger partial charge on any atom is 0.370 e. The van der Waals surface area contributed by atoms with Gasteiger partial charge in [-0.05, 0) is 24.4 Å². The number of aliphatic imine (C=N–C) groups is 1. The fourth-order valence-electron chi connectivity index (χ4n) is 3.94. The van der Waals surface area contributed by atoms with Gasteiger partial charge in [0.15, 0.2) is 12.1 Å². The van der Waals surface area contributed by atoms with Gasteiger partial charge in [-0.15, -0.1) is 0 Å². The number of hydrogen-bond acceptors (Lipinski definition) is 8. The van der Waals surface area contributed by atoms with Crippen LogP contribution >= 0.6 is 0 Å². The van der Waals surface area contributed by atoms with Crippen molar-refractivity contribution < 1.29 is 34.4 Å². The largest absolute Gasteiger partial charge is 0.478 e. The number of ether oxygens (including phenoxy) is 2. The van der Waals surface area contributed by atoms with E-state index in [4.69, 9.17) is 26.5 Å². The van der Waals surface area contributed by atoms with Crippen LogP contribution in [0.1, 0.15) is 58.3 Å². The molecule has 204 valence electrons. The van der Waals surface area contributed by atoms with Crippen LogP contribution in [0.5, 0.6) is 0 Å². The Morgan fingerprint density at radius 3 is 2.33 bits per heavy atom. The van der Waals surface area contributed by atoms with Gasteiger partial charge in [0, 0.05) is 25.0 Å². The molecule has 0 bridgehead atoms. The number of hydrogen-bond donors (Lipinski definition) is 6. The number of carbonyl (C=O) groups excluding carboxylic acids is 1. The molecule has 0 saturated carbocycles. The second kappa shape index (κ2) is 17.4. The lowest BCUT2D eigenvalue weighted by molar-refractivity contribution is -0.153. The minimum Gasteiger partial charge on any atom is -0.478 e. The third-order valence-corrected chi connectivity index (χ3v) is 5.60. The number of nitrogens with one attached hydrogen (secondary N) is 1. The summed E-state index contributed by atoms with van der Waals surface area (Å²) in [4.78, 5) is 30.2. The predicted octanol–water partition coefficient (Wildman–Crippen LogP) is 0.670. The van der Waals surface area contributed by atoms with Crippen LogP contribution in [0.2, 0.25) is 0 Å². The highest BCUT2D eigenvalue weighted by molar-refractivity contribution is 5.85. The highest BCUT2D eigenvalue weighted by Gasteiger charge is 2.45. The molecule has 5 atom stereocenters. The molecule has 14 nitrogen and oxygen atoms in total. The average Bonchev–Trinajstić information content (AvgIpc) is 2.82. The molecule has 0 spiro atoms. The van der Waals surface area contributed by atoms with E-state index >= 15 is 0 Å². The second-order valence-electron chi connectivity index (χ2n) is 8.56. The van der Waals surface area contributed by atoms with Gasteiger partial charge >= 0.3 is 5.97 Å². The zero-order valence-corrected chi connectivity index (χ0v) is 20.7. The van der Waals surface area contributed by atoms with Crippen molar-refractivity contribution in [2.24, 2.45) is 21.6 Å². The molecule has 1 rings (SSSR count). The SMILES string of the molecule is CC(=O)N[C@H]1[C@H]([C@H](OCCCCCCCCCCN=[N+]=[N-])[C@H](O)CO)OC(C(=O)O)=C[C@@H]1N=C(N)N. The summed E-state index contributed by atoms with van der Waals surface area (Å²) in [5, 5.41) is 35.7. The fraction of sp³-hybridized carbons (Fsp3) is 0.773. The number of aliphatic hydroxyl groups is 2. The molecule has 0 fully saturated rings. The van der Waals surface area contributed by atoms with Gasteiger partial charge in [-0.2, -0.15) is 0 Å². The van der Waals surface area contributed by atoms with Crippen molar-refractivity contribution in [3.05, 3.63) is 22.3 Å². The van der Waals surface area contributed by atoms with E-state index in [0.717, 1.165) is 51.0 Å². The van der Waals surface area contributed by atoms with Crippen molar-refractivity contribution >= 4 is 17.8 Å². The highest BCUT2D eigenvalue weighted by Crippen LogP contribution is 2.26. The van der Waals surface area contributed by atoms with Gasteiger partial charge in [-0.25, -0.2) is 9.79 Å². The normalized spacial score (nSPS) is 20.8. The summed E-state index contributed by atoms with van der Waals surface area (Å²) < 4.78 is 11.4. The Morgan fingerprint density at radius 1 is 1.19 bits per heavy atom. The Kier molecular flexibility index (Phi) is 15.0.